The van der Waals surface area contributed by atoms with Crippen LogP contribution < -0.4 is 10.6 Å². The Morgan fingerprint density at radius 3 is 2.70 bits per heavy atom. The van der Waals surface area contributed by atoms with E-state index in [2.05, 4.69) is 10.6 Å². The van der Waals surface area contributed by atoms with E-state index in [1.54, 1.807) is 0 Å². The molecule has 0 aromatic heterocycles. The van der Waals surface area contributed by atoms with E-state index in [0.29, 0.717) is 12.8 Å². The SMILES string of the molecule is O=C(CN1C(=O)CNC1=O)NC1CCCC(C(=O)O)C1. The average molecular weight is 283 g/mol. The molecule has 1 saturated heterocycles. The molecule has 4 amide bonds. The molecule has 0 bridgehead atoms. The number of nitrogens with zero attached hydrogens (tertiary/aromatic N) is 1. The summed E-state index contributed by atoms with van der Waals surface area (Å²) in [5.41, 5.74) is 0. The number of carbonyl (C=O) groups is 4. The summed E-state index contributed by atoms with van der Waals surface area (Å²) in [7, 11) is 0. The van der Waals surface area contributed by atoms with Gasteiger partial charge in [-0.3, -0.25) is 19.3 Å². The first-order chi connectivity index (χ1) is 9.47. The normalized spacial score (nSPS) is 26.3. The number of hydrogen-bond acceptors (Lipinski definition) is 4. The number of hydrogen-bond donors (Lipinski definition) is 3. The third-order valence-corrected chi connectivity index (χ3v) is 3.63. The number of imide groups is 1. The van der Waals surface area contributed by atoms with Crippen LogP contribution in [0, 0.1) is 5.92 Å². The van der Waals surface area contributed by atoms with Crippen LogP contribution in [0.4, 0.5) is 4.79 Å². The summed E-state index contributed by atoms with van der Waals surface area (Å²) in [6.07, 6.45) is 2.47. The van der Waals surface area contributed by atoms with Crippen molar-refractivity contribution in [3.63, 3.8) is 0 Å². The van der Waals surface area contributed by atoms with Gasteiger partial charge in [0.15, 0.2) is 0 Å². The van der Waals surface area contributed by atoms with Crippen molar-refractivity contribution in [1.29, 1.82) is 0 Å². The lowest BCUT2D eigenvalue weighted by Gasteiger charge is -2.27. The minimum atomic E-state index is -0.849. The molecule has 2 rings (SSSR count). The molecule has 3 N–H and O–H groups in total. The molecule has 0 aromatic carbocycles. The molecule has 2 unspecified atom stereocenters. The highest BCUT2D eigenvalue weighted by atomic mass is 16.4. The summed E-state index contributed by atoms with van der Waals surface area (Å²) >= 11 is 0. The number of urea groups is 1. The first-order valence-corrected chi connectivity index (χ1v) is 6.57. The molecule has 2 atom stereocenters. The number of carbonyl (C=O) groups excluding carboxylic acids is 3. The van der Waals surface area contributed by atoms with Crippen LogP contribution in [0.1, 0.15) is 25.7 Å². The minimum absolute atomic E-state index is 0.0867. The maximum absolute atomic E-state index is 11.8. The predicted molar refractivity (Wildman–Crippen MR) is 66.6 cm³/mol. The number of amides is 4. The zero-order valence-corrected chi connectivity index (χ0v) is 10.9. The average Bonchev–Trinajstić information content (AvgIpc) is 2.71. The summed E-state index contributed by atoms with van der Waals surface area (Å²) in [5.74, 6) is -2.16. The molecule has 1 aliphatic carbocycles. The topological polar surface area (TPSA) is 116 Å². The Labute approximate surface area is 115 Å². The van der Waals surface area contributed by atoms with Gasteiger partial charge in [-0.1, -0.05) is 6.42 Å². The van der Waals surface area contributed by atoms with Crippen LogP contribution in [0.25, 0.3) is 0 Å². The molecule has 2 aliphatic rings. The van der Waals surface area contributed by atoms with Gasteiger partial charge >= 0.3 is 12.0 Å². The zero-order valence-electron chi connectivity index (χ0n) is 10.9. The molecule has 0 spiro atoms. The van der Waals surface area contributed by atoms with Gasteiger partial charge in [-0.25, -0.2) is 4.79 Å². The van der Waals surface area contributed by atoms with Crippen molar-refractivity contribution in [1.82, 2.24) is 15.5 Å². The molecule has 1 aliphatic heterocycles. The van der Waals surface area contributed by atoms with Crippen molar-refractivity contribution in [2.45, 2.75) is 31.7 Å². The second kappa shape index (κ2) is 5.89. The Morgan fingerprint density at radius 1 is 1.35 bits per heavy atom. The third kappa shape index (κ3) is 3.25. The molecule has 110 valence electrons. The van der Waals surface area contributed by atoms with Crippen LogP contribution in [0.2, 0.25) is 0 Å². The second-order valence-corrected chi connectivity index (χ2v) is 5.10. The maximum Gasteiger partial charge on any atom is 0.325 e. The lowest BCUT2D eigenvalue weighted by Crippen LogP contribution is -2.46. The summed E-state index contributed by atoms with van der Waals surface area (Å²) < 4.78 is 0. The lowest BCUT2D eigenvalue weighted by atomic mass is 9.86. The molecular formula is C12H17N3O5. The molecule has 2 fully saturated rings. The fourth-order valence-electron chi connectivity index (χ4n) is 2.58. The molecule has 1 saturated carbocycles. The van der Waals surface area contributed by atoms with Gasteiger partial charge in [0.1, 0.15) is 6.54 Å². The first-order valence-electron chi connectivity index (χ1n) is 6.57. The minimum Gasteiger partial charge on any atom is -0.481 e. The maximum atomic E-state index is 11.8. The van der Waals surface area contributed by atoms with Gasteiger partial charge in [-0.15, -0.1) is 0 Å². The van der Waals surface area contributed by atoms with E-state index < -0.39 is 29.7 Å². The molecule has 8 heteroatoms. The highest BCUT2D eigenvalue weighted by Gasteiger charge is 2.32. The molecule has 0 aromatic rings. The number of carboxylic acid groups (broad SMARTS) is 1. The molecule has 1 heterocycles. The highest BCUT2D eigenvalue weighted by molar-refractivity contribution is 6.04. The Morgan fingerprint density at radius 2 is 2.10 bits per heavy atom. The first kappa shape index (κ1) is 14.3. The van der Waals surface area contributed by atoms with E-state index in [9.17, 15) is 19.2 Å². The van der Waals surface area contributed by atoms with Crippen LogP contribution in [-0.2, 0) is 14.4 Å². The van der Waals surface area contributed by atoms with Gasteiger partial charge < -0.3 is 15.7 Å². The van der Waals surface area contributed by atoms with E-state index in [4.69, 9.17) is 5.11 Å². The van der Waals surface area contributed by atoms with Crippen LogP contribution in [0.15, 0.2) is 0 Å². The Kier molecular flexibility index (Phi) is 4.21. The van der Waals surface area contributed by atoms with Gasteiger partial charge in [0.2, 0.25) is 5.91 Å². The van der Waals surface area contributed by atoms with Crippen molar-refractivity contribution >= 4 is 23.8 Å². The quantitative estimate of drug-likeness (QED) is 0.590. The molecule has 20 heavy (non-hydrogen) atoms. The number of nitrogens with one attached hydrogen (secondary N) is 2. The van der Waals surface area contributed by atoms with E-state index >= 15 is 0 Å². The summed E-state index contributed by atoms with van der Waals surface area (Å²) in [6, 6.07) is -0.782. The van der Waals surface area contributed by atoms with Gasteiger partial charge in [0.25, 0.3) is 5.91 Å². The molecular weight excluding hydrogens is 266 g/mol. The number of carboxylic acids is 1. The highest BCUT2D eigenvalue weighted by Crippen LogP contribution is 2.24. The van der Waals surface area contributed by atoms with Crippen LogP contribution in [-0.4, -0.2) is 53.0 Å². The molecule has 0 radical (unpaired) electrons. The standard InChI is InChI=1S/C12H17N3O5/c16-9(6-15-10(17)5-13-12(15)20)14-8-3-1-2-7(4-8)11(18)19/h7-8H,1-6H2,(H,13,20)(H,14,16)(H,18,19). The summed E-state index contributed by atoms with van der Waals surface area (Å²) in [4.78, 5) is 46.2. The van der Waals surface area contributed by atoms with Gasteiger partial charge in [-0.05, 0) is 19.3 Å². The molecule has 8 nitrogen and oxygen atoms in total. The van der Waals surface area contributed by atoms with E-state index in [1.807, 2.05) is 0 Å². The smallest absolute Gasteiger partial charge is 0.325 e. The third-order valence-electron chi connectivity index (χ3n) is 3.63. The summed E-state index contributed by atoms with van der Waals surface area (Å²) in [5, 5.41) is 14.0. The zero-order chi connectivity index (χ0) is 14.7. The predicted octanol–water partition coefficient (Wildman–Crippen LogP) is -0.702. The summed E-state index contributed by atoms with van der Waals surface area (Å²) in [6.45, 7) is -0.407. The largest absolute Gasteiger partial charge is 0.481 e. The van der Waals surface area contributed by atoms with Gasteiger partial charge in [-0.2, -0.15) is 0 Å². The van der Waals surface area contributed by atoms with Crippen LogP contribution in [0.5, 0.6) is 0 Å². The number of aliphatic carboxylic acids is 1. The van der Waals surface area contributed by atoms with E-state index in [-0.39, 0.29) is 19.1 Å². The van der Waals surface area contributed by atoms with Crippen LogP contribution in [0.3, 0.4) is 0 Å². The van der Waals surface area contributed by atoms with Crippen LogP contribution >= 0.6 is 0 Å². The fourth-order valence-corrected chi connectivity index (χ4v) is 2.58. The Bertz CT molecular complexity index is 434. The number of rotatable bonds is 4. The van der Waals surface area contributed by atoms with Gasteiger partial charge in [0.05, 0.1) is 12.5 Å². The van der Waals surface area contributed by atoms with Crippen molar-refractivity contribution < 1.29 is 24.3 Å². The Hall–Kier alpha value is -2.12. The van der Waals surface area contributed by atoms with E-state index in [1.165, 1.54) is 0 Å². The van der Waals surface area contributed by atoms with Crippen molar-refractivity contribution in [3.05, 3.63) is 0 Å². The monoisotopic (exact) mass is 283 g/mol. The fraction of sp³-hybridized carbons (Fsp3) is 0.667. The van der Waals surface area contributed by atoms with Crippen molar-refractivity contribution in [2.24, 2.45) is 5.92 Å². The van der Waals surface area contributed by atoms with E-state index in [0.717, 1.165) is 17.7 Å². The Balaban J connectivity index is 1.83. The van der Waals surface area contributed by atoms with Crippen molar-refractivity contribution in [2.75, 3.05) is 13.1 Å². The lowest BCUT2D eigenvalue weighted by molar-refractivity contribution is -0.143. The van der Waals surface area contributed by atoms with Gasteiger partial charge in [0, 0.05) is 6.04 Å². The van der Waals surface area contributed by atoms with Crippen molar-refractivity contribution in [3.8, 4) is 0 Å². The second-order valence-electron chi connectivity index (χ2n) is 5.10.